The lowest BCUT2D eigenvalue weighted by Crippen LogP contribution is -2.19. The summed E-state index contributed by atoms with van der Waals surface area (Å²) in [6.45, 7) is 1.34. The van der Waals surface area contributed by atoms with Gasteiger partial charge in [0.25, 0.3) is 0 Å². The Kier molecular flexibility index (Phi) is 6.37. The fraction of sp³-hybridized carbons (Fsp3) is 0.222. The molecule has 0 N–H and O–H groups in total. The van der Waals surface area contributed by atoms with Crippen LogP contribution in [0.5, 0.6) is 11.5 Å². The minimum absolute atomic E-state index is 0.247. The van der Waals surface area contributed by atoms with E-state index in [0.29, 0.717) is 21.5 Å². The maximum absolute atomic E-state index is 12.0. The molecule has 0 fully saturated rings. The summed E-state index contributed by atoms with van der Waals surface area (Å²) in [5.41, 5.74) is 1.45. The van der Waals surface area contributed by atoms with Crippen LogP contribution >= 0.6 is 15.9 Å². The topological polar surface area (TPSA) is 61.8 Å². The number of carbonyl (C=O) groups is 2. The normalized spacial score (nSPS) is 10.1. The van der Waals surface area contributed by atoms with Gasteiger partial charge in [-0.05, 0) is 58.7 Å². The summed E-state index contributed by atoms with van der Waals surface area (Å²) in [5.74, 6) is 0.298. The first kappa shape index (κ1) is 18.0. The molecule has 2 rings (SSSR count). The highest BCUT2D eigenvalue weighted by Gasteiger charge is 2.12. The summed E-state index contributed by atoms with van der Waals surface area (Å²) >= 11 is 3.31. The Bertz CT molecular complexity index is 742. The third kappa shape index (κ3) is 5.09. The number of ether oxygens (including phenoxy) is 3. The van der Waals surface area contributed by atoms with E-state index in [1.54, 1.807) is 24.3 Å². The fourth-order valence-corrected chi connectivity index (χ4v) is 2.50. The summed E-state index contributed by atoms with van der Waals surface area (Å²) in [7, 11) is 1.54. The van der Waals surface area contributed by atoms with Crippen molar-refractivity contribution in [3.63, 3.8) is 0 Å². The fourth-order valence-electron chi connectivity index (χ4n) is 1.96. The van der Waals surface area contributed by atoms with Crippen molar-refractivity contribution in [2.24, 2.45) is 0 Å². The van der Waals surface area contributed by atoms with E-state index < -0.39 is 5.97 Å². The molecule has 2 aromatic rings. The van der Waals surface area contributed by atoms with Gasteiger partial charge in [0, 0.05) is 5.56 Å². The van der Waals surface area contributed by atoms with Crippen LogP contribution in [0.2, 0.25) is 0 Å². The molecule has 0 amide bonds. The van der Waals surface area contributed by atoms with E-state index in [2.05, 4.69) is 15.9 Å². The Morgan fingerprint density at radius 3 is 2.54 bits per heavy atom. The molecule has 0 saturated heterocycles. The molecule has 0 atom stereocenters. The van der Waals surface area contributed by atoms with Crippen molar-refractivity contribution in [3.05, 3.63) is 58.1 Å². The van der Waals surface area contributed by atoms with Gasteiger partial charge < -0.3 is 14.2 Å². The SMILES string of the molecule is COc1ccc(C(=O)COC(=O)COc2cccc(C)c2)cc1Br. The Balaban J connectivity index is 1.82. The lowest BCUT2D eigenvalue weighted by molar-refractivity contribution is -0.144. The zero-order chi connectivity index (χ0) is 17.5. The van der Waals surface area contributed by atoms with Gasteiger partial charge in [-0.3, -0.25) is 4.79 Å². The first-order valence-electron chi connectivity index (χ1n) is 7.21. The Morgan fingerprint density at radius 1 is 1.08 bits per heavy atom. The number of ketones is 1. The Labute approximate surface area is 148 Å². The molecule has 0 unspecified atom stereocenters. The number of carbonyl (C=O) groups excluding carboxylic acids is 2. The van der Waals surface area contributed by atoms with Crippen LogP contribution in [0.15, 0.2) is 46.9 Å². The monoisotopic (exact) mass is 392 g/mol. The minimum atomic E-state index is -0.600. The summed E-state index contributed by atoms with van der Waals surface area (Å²) in [4.78, 5) is 23.7. The van der Waals surface area contributed by atoms with Crippen LogP contribution in [0.4, 0.5) is 0 Å². The number of Topliss-reactive ketones (excluding diaryl/α,β-unsaturated/α-hetero) is 1. The highest BCUT2D eigenvalue weighted by Crippen LogP contribution is 2.25. The number of hydrogen-bond donors (Lipinski definition) is 0. The molecule has 6 heteroatoms. The molecular formula is C18H17BrO5. The first-order valence-corrected chi connectivity index (χ1v) is 8.00. The van der Waals surface area contributed by atoms with Gasteiger partial charge >= 0.3 is 5.97 Å². The van der Waals surface area contributed by atoms with Gasteiger partial charge in [-0.1, -0.05) is 12.1 Å². The van der Waals surface area contributed by atoms with Crippen LogP contribution < -0.4 is 9.47 Å². The number of methoxy groups -OCH3 is 1. The molecular weight excluding hydrogens is 376 g/mol. The molecule has 0 aliphatic rings. The van der Waals surface area contributed by atoms with E-state index in [0.717, 1.165) is 5.56 Å². The van der Waals surface area contributed by atoms with Crippen LogP contribution in [0.1, 0.15) is 15.9 Å². The molecule has 0 aliphatic heterocycles. The van der Waals surface area contributed by atoms with Crippen LogP contribution in [-0.4, -0.2) is 32.1 Å². The summed E-state index contributed by atoms with van der Waals surface area (Å²) in [6, 6.07) is 12.2. The van der Waals surface area contributed by atoms with Crippen molar-refractivity contribution < 1.29 is 23.8 Å². The van der Waals surface area contributed by atoms with Gasteiger partial charge in [-0.2, -0.15) is 0 Å². The zero-order valence-electron chi connectivity index (χ0n) is 13.4. The van der Waals surface area contributed by atoms with Crippen LogP contribution in [0, 0.1) is 6.92 Å². The molecule has 0 aromatic heterocycles. The van der Waals surface area contributed by atoms with Crippen molar-refractivity contribution >= 4 is 27.7 Å². The van der Waals surface area contributed by atoms with Crippen molar-refractivity contribution in [1.82, 2.24) is 0 Å². The van der Waals surface area contributed by atoms with Crippen molar-refractivity contribution in [2.45, 2.75) is 6.92 Å². The molecule has 126 valence electrons. The maximum Gasteiger partial charge on any atom is 0.344 e. The maximum atomic E-state index is 12.0. The summed E-state index contributed by atoms with van der Waals surface area (Å²) < 4.78 is 16.0. The lowest BCUT2D eigenvalue weighted by Gasteiger charge is -2.08. The van der Waals surface area contributed by atoms with E-state index in [1.807, 2.05) is 25.1 Å². The third-order valence-electron chi connectivity index (χ3n) is 3.18. The van der Waals surface area contributed by atoms with Crippen LogP contribution in [0.25, 0.3) is 0 Å². The van der Waals surface area contributed by atoms with Crippen LogP contribution in [-0.2, 0) is 9.53 Å². The van der Waals surface area contributed by atoms with E-state index in [1.165, 1.54) is 7.11 Å². The highest BCUT2D eigenvalue weighted by atomic mass is 79.9. The number of halogens is 1. The van der Waals surface area contributed by atoms with Gasteiger partial charge in [0.15, 0.2) is 19.0 Å². The number of benzene rings is 2. The van der Waals surface area contributed by atoms with E-state index in [4.69, 9.17) is 14.2 Å². The standard InChI is InChI=1S/C18H17BrO5/c1-12-4-3-5-14(8-12)23-11-18(21)24-10-16(20)13-6-7-17(22-2)15(19)9-13/h3-9H,10-11H2,1-2H3. The second kappa shape index (κ2) is 8.49. The number of aryl methyl sites for hydroxylation is 1. The number of hydrogen-bond acceptors (Lipinski definition) is 5. The smallest absolute Gasteiger partial charge is 0.344 e. The molecule has 5 nitrogen and oxygen atoms in total. The summed E-state index contributed by atoms with van der Waals surface area (Å²) in [5, 5.41) is 0. The van der Waals surface area contributed by atoms with E-state index in [9.17, 15) is 9.59 Å². The van der Waals surface area contributed by atoms with Gasteiger partial charge in [0.1, 0.15) is 11.5 Å². The van der Waals surface area contributed by atoms with E-state index in [-0.39, 0.29) is 19.0 Å². The third-order valence-corrected chi connectivity index (χ3v) is 3.80. The second-order valence-corrected chi connectivity index (χ2v) is 5.89. The highest BCUT2D eigenvalue weighted by molar-refractivity contribution is 9.10. The van der Waals surface area contributed by atoms with Crippen LogP contribution in [0.3, 0.4) is 0 Å². The summed E-state index contributed by atoms with van der Waals surface area (Å²) in [6.07, 6.45) is 0. The van der Waals surface area contributed by atoms with Gasteiger partial charge in [-0.25, -0.2) is 4.79 Å². The average Bonchev–Trinajstić information content (AvgIpc) is 2.57. The second-order valence-electron chi connectivity index (χ2n) is 5.04. The first-order chi connectivity index (χ1) is 11.5. The number of rotatable bonds is 7. The van der Waals surface area contributed by atoms with Gasteiger partial charge in [0.05, 0.1) is 11.6 Å². The molecule has 0 heterocycles. The molecule has 2 aromatic carbocycles. The molecule has 0 aliphatic carbocycles. The Morgan fingerprint density at radius 2 is 1.88 bits per heavy atom. The molecule has 0 radical (unpaired) electrons. The predicted octanol–water partition coefficient (Wildman–Crippen LogP) is 3.57. The van der Waals surface area contributed by atoms with Gasteiger partial charge in [-0.15, -0.1) is 0 Å². The zero-order valence-corrected chi connectivity index (χ0v) is 15.0. The molecule has 24 heavy (non-hydrogen) atoms. The minimum Gasteiger partial charge on any atom is -0.496 e. The lowest BCUT2D eigenvalue weighted by atomic mass is 10.1. The quantitative estimate of drug-likeness (QED) is 0.532. The average molecular weight is 393 g/mol. The van der Waals surface area contributed by atoms with E-state index >= 15 is 0 Å². The largest absolute Gasteiger partial charge is 0.496 e. The van der Waals surface area contributed by atoms with Crippen molar-refractivity contribution in [2.75, 3.05) is 20.3 Å². The molecule has 0 bridgehead atoms. The van der Waals surface area contributed by atoms with Crippen molar-refractivity contribution in [1.29, 1.82) is 0 Å². The molecule has 0 spiro atoms. The predicted molar refractivity (Wildman–Crippen MR) is 92.7 cm³/mol. The number of esters is 1. The molecule has 0 saturated carbocycles. The van der Waals surface area contributed by atoms with Gasteiger partial charge in [0.2, 0.25) is 0 Å². The van der Waals surface area contributed by atoms with Crippen molar-refractivity contribution in [3.8, 4) is 11.5 Å². The Hall–Kier alpha value is -2.34.